The molecule has 5 rings (SSSR count). The molecule has 1 fully saturated rings. The minimum Gasteiger partial charge on any atom is -0.508 e. The molecule has 3 aliphatic rings. The summed E-state index contributed by atoms with van der Waals surface area (Å²) in [5.41, 5.74) is 2.23. The number of halogens is 1. The number of hydrogen-bond donors (Lipinski definition) is 5. The van der Waals surface area contributed by atoms with Crippen LogP contribution in [0.15, 0.2) is 35.1 Å². The normalized spacial score (nSPS) is 26.0. The van der Waals surface area contributed by atoms with E-state index in [2.05, 4.69) is 20.8 Å². The predicted molar refractivity (Wildman–Crippen MR) is 154 cm³/mol. The number of carbonyl (C=O) groups excluding carboxylic acids is 3. The van der Waals surface area contributed by atoms with E-state index in [4.69, 9.17) is 5.73 Å². The van der Waals surface area contributed by atoms with E-state index < -0.39 is 69.6 Å². The minimum atomic E-state index is -2.74. The van der Waals surface area contributed by atoms with Crippen molar-refractivity contribution >= 4 is 34.0 Å². The maximum absolute atomic E-state index is 16.0. The number of likely N-dealkylation sites (N-methyl/N-ethyl adjacent to an activating group) is 1. The lowest BCUT2D eigenvalue weighted by Gasteiger charge is -2.50. The van der Waals surface area contributed by atoms with E-state index in [9.17, 15) is 34.8 Å². The highest BCUT2D eigenvalue weighted by molar-refractivity contribution is 6.24. The second-order valence-corrected chi connectivity index (χ2v) is 13.3. The average molecular weight is 581 g/mol. The number of Topliss-reactive ketones (excluding diaryl/α,β-unsaturated/α-hetero) is 2. The van der Waals surface area contributed by atoms with Crippen molar-refractivity contribution < 1.29 is 39.2 Å². The fraction of sp³-hybridized carbons (Fsp3) is 0.469. The van der Waals surface area contributed by atoms with Gasteiger partial charge in [0.05, 0.1) is 11.6 Å². The predicted octanol–water partition coefficient (Wildman–Crippen LogP) is 3.63. The lowest BCUT2D eigenvalue weighted by atomic mass is 9.57. The molecule has 0 bridgehead atoms. The van der Waals surface area contributed by atoms with Crippen LogP contribution in [0.4, 0.5) is 4.39 Å². The summed E-state index contributed by atoms with van der Waals surface area (Å²) in [6.07, 6.45) is 2.35. The Morgan fingerprint density at radius 2 is 1.81 bits per heavy atom. The molecule has 0 aromatic heterocycles. The molecule has 10 heteroatoms. The van der Waals surface area contributed by atoms with Crippen LogP contribution in [0, 0.1) is 23.1 Å². The fourth-order valence-corrected chi connectivity index (χ4v) is 7.09. The summed E-state index contributed by atoms with van der Waals surface area (Å²) in [6.45, 7) is 6.43. The van der Waals surface area contributed by atoms with Crippen LogP contribution in [0.25, 0.3) is 16.5 Å². The van der Waals surface area contributed by atoms with Crippen molar-refractivity contribution in [3.63, 3.8) is 0 Å². The molecule has 2 aromatic carbocycles. The van der Waals surface area contributed by atoms with Crippen molar-refractivity contribution in [1.82, 2.24) is 4.90 Å². The number of hydrogen-bond acceptors (Lipinski definition) is 8. The molecule has 9 nitrogen and oxygen atoms in total. The first-order chi connectivity index (χ1) is 19.5. The molecule has 0 unspecified atom stereocenters. The molecule has 6 N–H and O–H groups in total. The highest BCUT2D eigenvalue weighted by atomic mass is 19.1. The van der Waals surface area contributed by atoms with Crippen LogP contribution in [0.3, 0.4) is 0 Å². The molecule has 0 spiro atoms. The number of carbonyl (C=O) groups is 3. The van der Waals surface area contributed by atoms with E-state index in [0.29, 0.717) is 6.42 Å². The van der Waals surface area contributed by atoms with E-state index in [1.165, 1.54) is 19.0 Å². The molecule has 0 saturated heterocycles. The molecule has 1 amide bonds. The van der Waals surface area contributed by atoms with Crippen molar-refractivity contribution in [2.24, 2.45) is 23.0 Å². The number of ketones is 2. The van der Waals surface area contributed by atoms with Gasteiger partial charge in [0.1, 0.15) is 28.7 Å². The molecule has 3 aliphatic carbocycles. The number of benzene rings is 2. The quantitative estimate of drug-likeness (QED) is 0.335. The van der Waals surface area contributed by atoms with Crippen molar-refractivity contribution in [2.45, 2.75) is 64.5 Å². The van der Waals surface area contributed by atoms with Gasteiger partial charge >= 0.3 is 0 Å². The molecule has 2 aromatic rings. The maximum Gasteiger partial charge on any atom is 0.255 e. The first kappa shape index (κ1) is 29.7. The Morgan fingerprint density at radius 3 is 2.40 bits per heavy atom. The van der Waals surface area contributed by atoms with Crippen LogP contribution in [0.2, 0.25) is 0 Å². The summed E-state index contributed by atoms with van der Waals surface area (Å²) < 4.78 is 16.0. The Hall–Kier alpha value is -3.76. The summed E-state index contributed by atoms with van der Waals surface area (Å²) in [7, 11) is 3.04. The van der Waals surface area contributed by atoms with Gasteiger partial charge in [0.2, 0.25) is 5.78 Å². The van der Waals surface area contributed by atoms with Gasteiger partial charge in [-0.1, -0.05) is 32.9 Å². The van der Waals surface area contributed by atoms with Crippen LogP contribution in [-0.2, 0) is 27.2 Å². The highest BCUT2D eigenvalue weighted by Crippen LogP contribution is 2.53. The fourth-order valence-electron chi connectivity index (χ4n) is 7.09. The van der Waals surface area contributed by atoms with Crippen molar-refractivity contribution in [3.8, 4) is 5.75 Å². The van der Waals surface area contributed by atoms with E-state index >= 15 is 4.39 Å². The van der Waals surface area contributed by atoms with Crippen molar-refractivity contribution in [3.05, 3.63) is 57.6 Å². The molecule has 0 aliphatic heterocycles. The second-order valence-electron chi connectivity index (χ2n) is 13.3. The third kappa shape index (κ3) is 4.31. The lowest BCUT2D eigenvalue weighted by molar-refractivity contribution is -0.153. The zero-order valence-corrected chi connectivity index (χ0v) is 24.4. The number of phenolic OH excluding ortho intramolecular Hbond substituents is 1. The molecule has 1 saturated carbocycles. The van der Waals surface area contributed by atoms with Crippen molar-refractivity contribution in [1.29, 1.82) is 0 Å². The smallest absolute Gasteiger partial charge is 0.255 e. The van der Waals surface area contributed by atoms with Gasteiger partial charge in [-0.05, 0) is 69.2 Å². The van der Waals surface area contributed by atoms with E-state index in [1.807, 2.05) is 6.07 Å². The Labute approximate surface area is 243 Å². The monoisotopic (exact) mass is 580 g/mol. The van der Waals surface area contributed by atoms with Crippen LogP contribution in [-0.4, -0.2) is 68.5 Å². The molecule has 0 heterocycles. The van der Waals surface area contributed by atoms with Crippen molar-refractivity contribution in [2.75, 3.05) is 14.1 Å². The molecule has 224 valence electrons. The average Bonchev–Trinajstić information content (AvgIpc) is 2.88. The largest absolute Gasteiger partial charge is 0.508 e. The number of nitrogens with zero attached hydrogens (tertiary/aromatic N) is 1. The number of aliphatic hydroxyl groups excluding tert-OH is 2. The number of aromatic hydroxyl groups is 1. The Bertz CT molecular complexity index is 1620. The molecular formula is C32H37FN2O7. The summed E-state index contributed by atoms with van der Waals surface area (Å²) in [5.74, 6) is -8.22. The summed E-state index contributed by atoms with van der Waals surface area (Å²) >= 11 is 0. The van der Waals surface area contributed by atoms with Crippen LogP contribution >= 0.6 is 0 Å². The topological polar surface area (TPSA) is 161 Å². The van der Waals surface area contributed by atoms with Gasteiger partial charge in [-0.15, -0.1) is 0 Å². The Morgan fingerprint density at radius 1 is 1.14 bits per heavy atom. The standard InChI is InChI=1S/C32H37FN2O7/c1-31(2,3)10-6-7-14-8-9-16-17(11-14)25(36)21-18(23(16)33)12-15-13-19-24(35(4)5)27(38)22(30(34)41)29(40)32(19,42)28(39)20(15)26(21)37/h8-9,11,15,19,24,36-37,40,42H,6-7,10,12-13H2,1-5H3,(H2,34,41)/t15-,19-,24-,32-/m0/s1. The zero-order chi connectivity index (χ0) is 31.0. The van der Waals surface area contributed by atoms with Gasteiger partial charge in [-0.3, -0.25) is 19.3 Å². The summed E-state index contributed by atoms with van der Waals surface area (Å²) in [5, 5.41) is 45.8. The van der Waals surface area contributed by atoms with E-state index in [1.54, 1.807) is 12.1 Å². The number of fused-ring (bicyclic) bond motifs is 4. The Kier molecular flexibility index (Phi) is 7.02. The second kappa shape index (κ2) is 9.91. The number of amides is 1. The van der Waals surface area contributed by atoms with Gasteiger partial charge in [0.25, 0.3) is 5.91 Å². The molecular weight excluding hydrogens is 543 g/mol. The molecule has 0 radical (unpaired) electrons. The number of primary amides is 1. The first-order valence-electron chi connectivity index (χ1n) is 14.1. The number of nitrogens with two attached hydrogens (primary N) is 1. The van der Waals surface area contributed by atoms with Crippen LogP contribution < -0.4 is 5.73 Å². The van der Waals surface area contributed by atoms with Gasteiger partial charge in [0, 0.05) is 27.8 Å². The lowest BCUT2D eigenvalue weighted by Crippen LogP contribution is -2.65. The first-order valence-corrected chi connectivity index (χ1v) is 14.1. The highest BCUT2D eigenvalue weighted by Gasteiger charge is 2.64. The van der Waals surface area contributed by atoms with Gasteiger partial charge < -0.3 is 26.2 Å². The van der Waals surface area contributed by atoms with E-state index in [-0.39, 0.29) is 45.7 Å². The SMILES string of the molecule is CN(C)[C@@H]1C(=O)C(C(N)=O)=C(O)[C@@]2(O)C(=O)C3=C(O)c4c(c(F)c5ccc(CCCC(C)(C)C)cc5c4O)C[C@H]3C[C@@H]12. The van der Waals surface area contributed by atoms with Gasteiger partial charge in [-0.25, -0.2) is 4.39 Å². The van der Waals surface area contributed by atoms with E-state index in [0.717, 1.165) is 18.4 Å². The van der Waals surface area contributed by atoms with Gasteiger partial charge in [0.15, 0.2) is 11.4 Å². The minimum absolute atomic E-state index is 0.0195. The number of phenols is 1. The van der Waals surface area contributed by atoms with Crippen LogP contribution in [0.5, 0.6) is 5.75 Å². The molecule has 4 atom stereocenters. The number of rotatable bonds is 5. The third-order valence-electron chi connectivity index (χ3n) is 9.08. The van der Waals surface area contributed by atoms with Gasteiger partial charge in [-0.2, -0.15) is 0 Å². The Balaban J connectivity index is 1.66. The van der Waals surface area contributed by atoms with Crippen LogP contribution in [0.1, 0.15) is 56.7 Å². The number of aryl methyl sites for hydroxylation is 1. The molecule has 42 heavy (non-hydrogen) atoms. The zero-order valence-electron chi connectivity index (χ0n) is 24.4. The summed E-state index contributed by atoms with van der Waals surface area (Å²) in [4.78, 5) is 40.7. The summed E-state index contributed by atoms with van der Waals surface area (Å²) in [6, 6.07) is 3.90. The maximum atomic E-state index is 16.0. The number of aliphatic hydroxyl groups is 3. The third-order valence-corrected chi connectivity index (χ3v) is 9.08.